The van der Waals surface area contributed by atoms with Gasteiger partial charge < -0.3 is 0 Å². The number of hydrogen-bond acceptors (Lipinski definition) is 3. The molecule has 0 atom stereocenters. The van der Waals surface area contributed by atoms with Crippen molar-refractivity contribution >= 4 is 39.7 Å². The van der Waals surface area contributed by atoms with Gasteiger partial charge in [0.1, 0.15) is 5.01 Å². The number of halogens is 1. The summed E-state index contributed by atoms with van der Waals surface area (Å²) in [7, 11) is 0. The zero-order valence-corrected chi connectivity index (χ0v) is 17.9. The number of carbonyl (C=O) groups excluding carboxylic acids is 1. The highest BCUT2D eigenvalue weighted by molar-refractivity contribution is 14.1. The van der Waals surface area contributed by atoms with Gasteiger partial charge in [-0.05, 0) is 83.7 Å². The molecule has 1 heterocycles. The third-order valence-electron chi connectivity index (χ3n) is 5.04. The van der Waals surface area contributed by atoms with E-state index in [9.17, 15) is 4.79 Å². The van der Waals surface area contributed by atoms with Crippen LogP contribution in [0, 0.1) is 17.4 Å². The van der Waals surface area contributed by atoms with E-state index in [1.54, 1.807) is 11.3 Å². The highest BCUT2D eigenvalue weighted by Crippen LogP contribution is 2.30. The predicted molar refractivity (Wildman–Crippen MR) is 116 cm³/mol. The second-order valence-electron chi connectivity index (χ2n) is 7.00. The maximum absolute atomic E-state index is 12.0. The summed E-state index contributed by atoms with van der Waals surface area (Å²) in [6.45, 7) is 4.33. The molecule has 132 valence electrons. The first-order valence-corrected chi connectivity index (χ1v) is 10.8. The highest BCUT2D eigenvalue weighted by atomic mass is 127. The fourth-order valence-corrected chi connectivity index (χ4v) is 4.97. The van der Waals surface area contributed by atoms with Gasteiger partial charge in [-0.15, -0.1) is 11.3 Å². The van der Waals surface area contributed by atoms with E-state index >= 15 is 0 Å². The number of benzene rings is 2. The Balaban J connectivity index is 1.61. The number of fused-ring (bicyclic) bond motifs is 1. The van der Waals surface area contributed by atoms with Gasteiger partial charge in [0.25, 0.3) is 0 Å². The Morgan fingerprint density at radius 1 is 1.12 bits per heavy atom. The maximum atomic E-state index is 12.0. The molecular formula is C22H20INOS. The van der Waals surface area contributed by atoms with Crippen LogP contribution in [0.15, 0.2) is 35.7 Å². The fraction of sp³-hybridized carbons (Fsp3) is 0.273. The van der Waals surface area contributed by atoms with E-state index in [0.717, 1.165) is 41.1 Å². The lowest BCUT2D eigenvalue weighted by Gasteiger charge is -2.14. The number of nitrogens with zero attached hydrogens (tertiary/aromatic N) is 1. The van der Waals surface area contributed by atoms with Crippen LogP contribution in [0.25, 0.3) is 10.6 Å². The summed E-state index contributed by atoms with van der Waals surface area (Å²) in [4.78, 5) is 16.9. The molecule has 0 fully saturated rings. The van der Waals surface area contributed by atoms with Crippen LogP contribution in [-0.4, -0.2) is 10.8 Å². The van der Waals surface area contributed by atoms with Crippen LogP contribution in [0.3, 0.4) is 0 Å². The Labute approximate surface area is 171 Å². The summed E-state index contributed by atoms with van der Waals surface area (Å²) < 4.78 is 1.31. The Kier molecular flexibility index (Phi) is 4.97. The van der Waals surface area contributed by atoms with Gasteiger partial charge in [0.05, 0.1) is 5.69 Å². The number of rotatable bonds is 3. The molecule has 0 saturated heterocycles. The van der Waals surface area contributed by atoms with Gasteiger partial charge in [0, 0.05) is 32.9 Å². The van der Waals surface area contributed by atoms with E-state index < -0.39 is 0 Å². The highest BCUT2D eigenvalue weighted by Gasteiger charge is 2.18. The van der Waals surface area contributed by atoms with Gasteiger partial charge in [-0.3, -0.25) is 4.79 Å². The molecule has 4 rings (SSSR count). The van der Waals surface area contributed by atoms with Crippen molar-refractivity contribution in [3.63, 3.8) is 0 Å². The number of Topliss-reactive ketones (excluding diaryl/α,β-unsaturated/α-hetero) is 1. The first-order valence-electron chi connectivity index (χ1n) is 8.88. The molecule has 0 spiro atoms. The largest absolute Gasteiger partial charge is 0.294 e. The summed E-state index contributed by atoms with van der Waals surface area (Å²) in [6.07, 6.45) is 3.50. The zero-order valence-electron chi connectivity index (χ0n) is 14.9. The molecule has 0 unspecified atom stereocenters. The first kappa shape index (κ1) is 17.9. The second-order valence-corrected chi connectivity index (χ2v) is 9.02. The van der Waals surface area contributed by atoms with Crippen LogP contribution in [0.5, 0.6) is 0 Å². The molecule has 3 aromatic rings. The fourth-order valence-electron chi connectivity index (χ4n) is 3.53. The van der Waals surface area contributed by atoms with E-state index in [1.165, 1.54) is 25.8 Å². The molecule has 4 heteroatoms. The van der Waals surface area contributed by atoms with Crippen molar-refractivity contribution in [1.82, 2.24) is 4.98 Å². The number of aryl methyl sites for hydroxylation is 3. The Hall–Kier alpha value is -1.53. The van der Waals surface area contributed by atoms with E-state index in [-0.39, 0.29) is 5.78 Å². The molecule has 2 nitrogen and oxygen atoms in total. The molecule has 1 aliphatic carbocycles. The summed E-state index contributed by atoms with van der Waals surface area (Å²) in [5.41, 5.74) is 8.31. The molecule has 0 radical (unpaired) electrons. The minimum atomic E-state index is 0.280. The number of ketones is 1. The molecule has 0 saturated carbocycles. The van der Waals surface area contributed by atoms with Crippen LogP contribution in [0.4, 0.5) is 0 Å². The maximum Gasteiger partial charge on any atom is 0.163 e. The topological polar surface area (TPSA) is 30.0 Å². The SMILES string of the molecule is Cc1cc(Cc2csc(-c3ccc4c(c3)CCCC4=O)n2)c(C)cc1I. The first-order chi connectivity index (χ1) is 12.5. The molecule has 0 amide bonds. The molecular weight excluding hydrogens is 453 g/mol. The average Bonchev–Trinajstić information content (AvgIpc) is 3.08. The van der Waals surface area contributed by atoms with Gasteiger partial charge in [-0.25, -0.2) is 4.98 Å². The number of thiazole rings is 1. The van der Waals surface area contributed by atoms with Crippen molar-refractivity contribution in [2.45, 2.75) is 39.5 Å². The zero-order chi connectivity index (χ0) is 18.3. The lowest BCUT2D eigenvalue weighted by molar-refractivity contribution is 0.0972. The van der Waals surface area contributed by atoms with Crippen molar-refractivity contribution in [2.75, 3.05) is 0 Å². The molecule has 26 heavy (non-hydrogen) atoms. The normalized spacial score (nSPS) is 13.7. The van der Waals surface area contributed by atoms with Crippen molar-refractivity contribution < 1.29 is 4.79 Å². The van der Waals surface area contributed by atoms with Crippen LogP contribution in [-0.2, 0) is 12.8 Å². The van der Waals surface area contributed by atoms with E-state index in [0.29, 0.717) is 6.42 Å². The van der Waals surface area contributed by atoms with Crippen molar-refractivity contribution in [1.29, 1.82) is 0 Å². The van der Waals surface area contributed by atoms with E-state index in [1.807, 2.05) is 12.1 Å². The molecule has 0 N–H and O–H groups in total. The smallest absolute Gasteiger partial charge is 0.163 e. The van der Waals surface area contributed by atoms with Crippen LogP contribution in [0.1, 0.15) is 51.1 Å². The summed E-state index contributed by atoms with van der Waals surface area (Å²) in [5, 5.41) is 3.20. The summed E-state index contributed by atoms with van der Waals surface area (Å²) in [5.74, 6) is 0.280. The summed E-state index contributed by atoms with van der Waals surface area (Å²) >= 11 is 4.08. The molecule has 1 aromatic heterocycles. The third kappa shape index (κ3) is 3.49. The Bertz CT molecular complexity index is 1010. The van der Waals surface area contributed by atoms with E-state index in [4.69, 9.17) is 4.98 Å². The van der Waals surface area contributed by atoms with Gasteiger partial charge in [-0.1, -0.05) is 18.2 Å². The molecule has 0 bridgehead atoms. The average molecular weight is 473 g/mol. The Morgan fingerprint density at radius 3 is 2.81 bits per heavy atom. The van der Waals surface area contributed by atoms with Gasteiger partial charge in [0.15, 0.2) is 5.78 Å². The van der Waals surface area contributed by atoms with Gasteiger partial charge in [-0.2, -0.15) is 0 Å². The van der Waals surface area contributed by atoms with Crippen LogP contribution >= 0.6 is 33.9 Å². The molecule has 2 aromatic carbocycles. The van der Waals surface area contributed by atoms with Crippen molar-refractivity contribution in [3.05, 3.63) is 72.8 Å². The number of carbonyl (C=O) groups is 1. The second kappa shape index (κ2) is 7.24. The summed E-state index contributed by atoms with van der Waals surface area (Å²) in [6, 6.07) is 10.7. The minimum absolute atomic E-state index is 0.280. The van der Waals surface area contributed by atoms with Gasteiger partial charge >= 0.3 is 0 Å². The van der Waals surface area contributed by atoms with Crippen LogP contribution in [0.2, 0.25) is 0 Å². The number of aromatic nitrogens is 1. The molecule has 1 aliphatic rings. The number of hydrogen-bond donors (Lipinski definition) is 0. The monoisotopic (exact) mass is 473 g/mol. The van der Waals surface area contributed by atoms with Crippen molar-refractivity contribution in [3.8, 4) is 10.6 Å². The van der Waals surface area contributed by atoms with E-state index in [2.05, 4.69) is 60.0 Å². The minimum Gasteiger partial charge on any atom is -0.294 e. The molecule has 0 aliphatic heterocycles. The quantitative estimate of drug-likeness (QED) is 0.428. The Morgan fingerprint density at radius 2 is 1.96 bits per heavy atom. The van der Waals surface area contributed by atoms with Crippen molar-refractivity contribution in [2.24, 2.45) is 0 Å². The third-order valence-corrected chi connectivity index (χ3v) is 7.15. The lowest BCUT2D eigenvalue weighted by Crippen LogP contribution is -2.10. The van der Waals surface area contributed by atoms with Gasteiger partial charge in [0.2, 0.25) is 0 Å². The van der Waals surface area contributed by atoms with Crippen LogP contribution < -0.4 is 0 Å². The standard InChI is InChI=1S/C22H20INOS/c1-13-9-20(23)14(2)8-17(13)11-18-12-26-22(24-18)16-6-7-19-15(10-16)4-3-5-21(19)25/h6-10,12H,3-5,11H2,1-2H3. The predicted octanol–water partition coefficient (Wildman–Crippen LogP) is 6.14. The lowest BCUT2D eigenvalue weighted by atomic mass is 9.89.